The maximum atomic E-state index is 13.1. The molecule has 146 valence electrons. The molecule has 7 nitrogen and oxygen atoms in total. The van der Waals surface area contributed by atoms with Crippen LogP contribution >= 0.6 is 11.8 Å². The SMILES string of the molecule is O=C([C@H]1C[C@@H](O)[C@H](O)[C@H]2N=C(Nc3ccc(F)cc3)S[C@@H]21)N1CCOCC1. The zero-order valence-electron chi connectivity index (χ0n) is 14.6. The number of nitrogens with zero attached hydrogens (tertiary/aromatic N) is 2. The fourth-order valence-electron chi connectivity index (χ4n) is 3.77. The molecule has 0 unspecified atom stereocenters. The minimum atomic E-state index is -1.01. The molecule has 0 aromatic heterocycles. The average molecular weight is 395 g/mol. The molecule has 1 aromatic rings. The van der Waals surface area contributed by atoms with E-state index in [2.05, 4.69) is 10.3 Å². The molecule has 27 heavy (non-hydrogen) atoms. The van der Waals surface area contributed by atoms with Gasteiger partial charge in [-0.05, 0) is 30.7 Å². The van der Waals surface area contributed by atoms with Gasteiger partial charge >= 0.3 is 0 Å². The third-order valence-electron chi connectivity index (χ3n) is 5.22. The second-order valence-electron chi connectivity index (χ2n) is 6.98. The number of amidine groups is 1. The van der Waals surface area contributed by atoms with Crippen molar-refractivity contribution < 1.29 is 24.1 Å². The zero-order valence-corrected chi connectivity index (χ0v) is 15.4. The number of rotatable bonds is 2. The zero-order chi connectivity index (χ0) is 19.0. The topological polar surface area (TPSA) is 94.4 Å². The summed E-state index contributed by atoms with van der Waals surface area (Å²) in [4.78, 5) is 19.3. The number of aliphatic imine (C=N–C) groups is 1. The Labute approximate surface area is 160 Å². The number of ether oxygens (including phenoxy) is 1. The van der Waals surface area contributed by atoms with Gasteiger partial charge in [-0.1, -0.05) is 11.8 Å². The van der Waals surface area contributed by atoms with Crippen LogP contribution in [0.2, 0.25) is 0 Å². The fourth-order valence-corrected chi connectivity index (χ4v) is 5.14. The van der Waals surface area contributed by atoms with E-state index in [4.69, 9.17) is 4.74 Å². The van der Waals surface area contributed by atoms with Crippen LogP contribution in [0.1, 0.15) is 6.42 Å². The number of morpholine rings is 1. The molecule has 1 amide bonds. The molecule has 2 fully saturated rings. The van der Waals surface area contributed by atoms with Crippen molar-refractivity contribution in [3.05, 3.63) is 30.1 Å². The Kier molecular flexibility index (Phi) is 5.36. The van der Waals surface area contributed by atoms with Crippen molar-refractivity contribution in [2.24, 2.45) is 10.9 Å². The van der Waals surface area contributed by atoms with E-state index < -0.39 is 24.2 Å². The maximum absolute atomic E-state index is 13.1. The number of hydrogen-bond donors (Lipinski definition) is 3. The summed E-state index contributed by atoms with van der Waals surface area (Å²) in [6, 6.07) is 5.33. The van der Waals surface area contributed by atoms with E-state index in [1.165, 1.54) is 23.9 Å². The van der Waals surface area contributed by atoms with Gasteiger partial charge in [-0.3, -0.25) is 9.79 Å². The van der Waals surface area contributed by atoms with E-state index in [1.54, 1.807) is 17.0 Å². The lowest BCUT2D eigenvalue weighted by Crippen LogP contribution is -2.55. The summed E-state index contributed by atoms with van der Waals surface area (Å²) in [5, 5.41) is 24.1. The van der Waals surface area contributed by atoms with E-state index >= 15 is 0 Å². The van der Waals surface area contributed by atoms with Crippen LogP contribution < -0.4 is 5.32 Å². The third-order valence-corrected chi connectivity index (χ3v) is 6.53. The van der Waals surface area contributed by atoms with Gasteiger partial charge < -0.3 is 25.2 Å². The third kappa shape index (κ3) is 3.82. The fraction of sp³-hybridized carbons (Fsp3) is 0.556. The lowest BCUT2D eigenvalue weighted by atomic mass is 9.80. The highest BCUT2D eigenvalue weighted by molar-refractivity contribution is 8.15. The largest absolute Gasteiger partial charge is 0.390 e. The molecular formula is C18H22FN3O4S. The van der Waals surface area contributed by atoms with Crippen LogP contribution in [0, 0.1) is 11.7 Å². The van der Waals surface area contributed by atoms with Crippen LogP contribution in [0.5, 0.6) is 0 Å². The number of carbonyl (C=O) groups is 1. The van der Waals surface area contributed by atoms with Crippen LogP contribution in [0.4, 0.5) is 10.1 Å². The highest BCUT2D eigenvalue weighted by Crippen LogP contribution is 2.42. The molecule has 2 aliphatic heterocycles. The number of thioether (sulfide) groups is 1. The first-order chi connectivity index (χ1) is 13.0. The molecule has 0 radical (unpaired) electrons. The van der Waals surface area contributed by atoms with Crippen molar-refractivity contribution in [1.29, 1.82) is 0 Å². The number of fused-ring (bicyclic) bond motifs is 1. The summed E-state index contributed by atoms with van der Waals surface area (Å²) >= 11 is 1.40. The van der Waals surface area contributed by atoms with E-state index in [0.29, 0.717) is 37.2 Å². The molecule has 1 saturated heterocycles. The molecule has 3 aliphatic rings. The predicted molar refractivity (Wildman–Crippen MR) is 100 cm³/mol. The standard InChI is InChI=1S/C18H22FN3O4S/c19-10-1-3-11(4-2-10)20-18-21-14-15(24)13(23)9-12(16(14)27-18)17(25)22-5-7-26-8-6-22/h1-4,12-16,23-24H,5-9H2,(H,20,21)/t12-,13+,14+,15-,16+/m0/s1. The molecule has 1 saturated carbocycles. The van der Waals surface area contributed by atoms with Crippen LogP contribution in [-0.4, -0.2) is 76.0 Å². The molecular weight excluding hydrogens is 373 g/mol. The van der Waals surface area contributed by atoms with E-state index in [0.717, 1.165) is 0 Å². The molecule has 4 rings (SSSR count). The Morgan fingerprint density at radius 1 is 1.26 bits per heavy atom. The number of halogens is 1. The normalized spacial score (nSPS) is 33.4. The Balaban J connectivity index is 1.50. The maximum Gasteiger partial charge on any atom is 0.227 e. The number of amides is 1. The summed E-state index contributed by atoms with van der Waals surface area (Å²) < 4.78 is 18.4. The molecule has 1 aromatic carbocycles. The van der Waals surface area contributed by atoms with Gasteiger partial charge in [0.05, 0.1) is 31.3 Å². The van der Waals surface area contributed by atoms with Gasteiger partial charge in [0.1, 0.15) is 11.9 Å². The van der Waals surface area contributed by atoms with Gasteiger partial charge in [-0.15, -0.1) is 0 Å². The molecule has 3 N–H and O–H groups in total. The smallest absolute Gasteiger partial charge is 0.227 e. The van der Waals surface area contributed by atoms with Crippen molar-refractivity contribution in [2.45, 2.75) is 29.9 Å². The Hall–Kier alpha value is -1.68. The van der Waals surface area contributed by atoms with Gasteiger partial charge in [0, 0.05) is 24.0 Å². The lowest BCUT2D eigenvalue weighted by Gasteiger charge is -2.40. The van der Waals surface area contributed by atoms with Crippen LogP contribution in [0.25, 0.3) is 0 Å². The number of aliphatic hydroxyl groups is 2. The second kappa shape index (κ2) is 7.75. The lowest BCUT2D eigenvalue weighted by molar-refractivity contribution is -0.144. The molecule has 0 bridgehead atoms. The van der Waals surface area contributed by atoms with E-state index in [9.17, 15) is 19.4 Å². The molecule has 0 spiro atoms. The summed E-state index contributed by atoms with van der Waals surface area (Å²) in [5.74, 6) is -0.775. The number of benzene rings is 1. The van der Waals surface area contributed by atoms with Gasteiger partial charge in [0.25, 0.3) is 0 Å². The van der Waals surface area contributed by atoms with Gasteiger partial charge in [0.2, 0.25) is 5.91 Å². The number of hydrogen-bond acceptors (Lipinski definition) is 7. The first-order valence-corrected chi connectivity index (χ1v) is 9.90. The average Bonchev–Trinajstić information content (AvgIpc) is 3.10. The van der Waals surface area contributed by atoms with Gasteiger partial charge in [-0.2, -0.15) is 0 Å². The minimum absolute atomic E-state index is 0.0232. The Bertz CT molecular complexity index is 726. The summed E-state index contributed by atoms with van der Waals surface area (Å²) in [6.07, 6.45) is -1.79. The first-order valence-electron chi connectivity index (χ1n) is 9.02. The van der Waals surface area contributed by atoms with Gasteiger partial charge in [0.15, 0.2) is 5.17 Å². The van der Waals surface area contributed by atoms with Crippen molar-refractivity contribution in [3.63, 3.8) is 0 Å². The quantitative estimate of drug-likeness (QED) is 0.682. The van der Waals surface area contributed by atoms with Crippen molar-refractivity contribution >= 4 is 28.5 Å². The summed E-state index contributed by atoms with van der Waals surface area (Å²) in [7, 11) is 0. The highest BCUT2D eigenvalue weighted by atomic mass is 32.2. The summed E-state index contributed by atoms with van der Waals surface area (Å²) in [6.45, 7) is 2.10. The predicted octanol–water partition coefficient (Wildman–Crippen LogP) is 0.678. The van der Waals surface area contributed by atoms with E-state index in [-0.39, 0.29) is 23.4 Å². The van der Waals surface area contributed by atoms with Crippen molar-refractivity contribution in [1.82, 2.24) is 4.90 Å². The molecule has 9 heteroatoms. The van der Waals surface area contributed by atoms with Crippen molar-refractivity contribution in [2.75, 3.05) is 31.6 Å². The van der Waals surface area contributed by atoms with Crippen LogP contribution in [0.3, 0.4) is 0 Å². The monoisotopic (exact) mass is 395 g/mol. The molecule has 2 heterocycles. The van der Waals surface area contributed by atoms with Crippen LogP contribution in [-0.2, 0) is 9.53 Å². The highest BCUT2D eigenvalue weighted by Gasteiger charge is 2.51. The van der Waals surface area contributed by atoms with Gasteiger partial charge in [-0.25, -0.2) is 4.39 Å². The molecule has 5 atom stereocenters. The Morgan fingerprint density at radius 3 is 2.67 bits per heavy atom. The number of anilines is 1. The summed E-state index contributed by atoms with van der Waals surface area (Å²) in [5.41, 5.74) is 0.674. The number of carbonyl (C=O) groups excluding carboxylic acids is 1. The Morgan fingerprint density at radius 2 is 1.96 bits per heavy atom. The van der Waals surface area contributed by atoms with Crippen LogP contribution in [0.15, 0.2) is 29.3 Å². The first kappa shape index (κ1) is 18.7. The second-order valence-corrected chi connectivity index (χ2v) is 8.14. The van der Waals surface area contributed by atoms with Crippen molar-refractivity contribution in [3.8, 4) is 0 Å². The van der Waals surface area contributed by atoms with E-state index in [1.807, 2.05) is 0 Å². The minimum Gasteiger partial charge on any atom is -0.390 e. The number of aliphatic hydroxyl groups excluding tert-OH is 2. The molecule has 1 aliphatic carbocycles. The number of nitrogens with one attached hydrogen (secondary N) is 1.